The van der Waals surface area contributed by atoms with E-state index >= 15 is 0 Å². The second-order valence-electron chi connectivity index (χ2n) is 6.60. The van der Waals surface area contributed by atoms with E-state index in [0.29, 0.717) is 12.1 Å². The summed E-state index contributed by atoms with van der Waals surface area (Å²) < 4.78 is 0. The maximum absolute atomic E-state index is 4.45. The lowest BCUT2D eigenvalue weighted by Gasteiger charge is -2.36. The average Bonchev–Trinajstić information content (AvgIpc) is 2.99. The number of rotatable bonds is 5. The second-order valence-corrected chi connectivity index (χ2v) is 6.60. The number of fused-ring (bicyclic) bond motifs is 1. The molecule has 5 nitrogen and oxygen atoms in total. The molecule has 3 heterocycles. The third kappa shape index (κ3) is 3.54. The third-order valence-electron chi connectivity index (χ3n) is 4.78. The highest BCUT2D eigenvalue weighted by molar-refractivity contribution is 5.90. The summed E-state index contributed by atoms with van der Waals surface area (Å²) >= 11 is 0. The molecule has 0 amide bonds. The van der Waals surface area contributed by atoms with Crippen LogP contribution in [0.25, 0.3) is 11.0 Å². The largest absolute Gasteiger partial charge is 0.364 e. The van der Waals surface area contributed by atoms with Crippen LogP contribution in [0.15, 0.2) is 12.3 Å². The molecular weight excluding hydrogens is 298 g/mol. The molecule has 0 bridgehead atoms. The Kier molecular flexibility index (Phi) is 5.37. The number of anilines is 1. The first kappa shape index (κ1) is 16.8. The Labute approximate surface area is 144 Å². The first-order valence-electron chi connectivity index (χ1n) is 8.95. The fourth-order valence-corrected chi connectivity index (χ4v) is 3.60. The van der Waals surface area contributed by atoms with Gasteiger partial charge in [-0.05, 0) is 51.3 Å². The van der Waals surface area contributed by atoms with Crippen molar-refractivity contribution < 1.29 is 0 Å². The Bertz CT molecular complexity index is 739. The van der Waals surface area contributed by atoms with E-state index < -0.39 is 0 Å². The normalized spacial score (nSPS) is 19.7. The van der Waals surface area contributed by atoms with Crippen LogP contribution < -0.4 is 5.32 Å². The van der Waals surface area contributed by atoms with Gasteiger partial charge in [-0.3, -0.25) is 10.00 Å². The first-order valence-corrected chi connectivity index (χ1v) is 8.95. The Balaban J connectivity index is 1.73. The zero-order valence-electron chi connectivity index (χ0n) is 14.9. The van der Waals surface area contributed by atoms with Gasteiger partial charge in [0, 0.05) is 18.8 Å². The number of hydrogen-bond donors (Lipinski definition) is 2. The lowest BCUT2D eigenvalue weighted by atomic mass is 10.0. The Morgan fingerprint density at radius 3 is 3.17 bits per heavy atom. The van der Waals surface area contributed by atoms with Crippen LogP contribution in [-0.2, 0) is 0 Å². The van der Waals surface area contributed by atoms with Crippen LogP contribution in [0, 0.1) is 18.8 Å². The summed E-state index contributed by atoms with van der Waals surface area (Å²) in [5.41, 5.74) is 2.05. The molecule has 0 saturated carbocycles. The van der Waals surface area contributed by atoms with Gasteiger partial charge < -0.3 is 5.32 Å². The van der Waals surface area contributed by atoms with Gasteiger partial charge in [0.1, 0.15) is 0 Å². The molecule has 1 saturated heterocycles. The number of nitrogens with zero attached hydrogens (tertiary/aromatic N) is 3. The van der Waals surface area contributed by atoms with Crippen molar-refractivity contribution in [1.29, 1.82) is 0 Å². The molecule has 0 aliphatic carbocycles. The van der Waals surface area contributed by atoms with E-state index in [2.05, 4.69) is 51.1 Å². The number of aryl methyl sites for hydroxylation is 1. The fraction of sp³-hybridized carbons (Fsp3) is 0.579. The highest BCUT2D eigenvalue weighted by Crippen LogP contribution is 2.25. The van der Waals surface area contributed by atoms with E-state index in [1.54, 1.807) is 0 Å². The van der Waals surface area contributed by atoms with E-state index in [0.717, 1.165) is 36.4 Å². The van der Waals surface area contributed by atoms with Crippen molar-refractivity contribution in [2.75, 3.05) is 18.4 Å². The summed E-state index contributed by atoms with van der Waals surface area (Å²) in [5, 5.41) is 12.2. The lowest BCUT2D eigenvalue weighted by molar-refractivity contribution is 0.178. The summed E-state index contributed by atoms with van der Waals surface area (Å²) in [7, 11) is 0. The van der Waals surface area contributed by atoms with Gasteiger partial charge in [-0.2, -0.15) is 5.10 Å². The van der Waals surface area contributed by atoms with Gasteiger partial charge in [-0.15, -0.1) is 5.92 Å². The number of pyridine rings is 1. The highest BCUT2D eigenvalue weighted by Gasteiger charge is 2.25. The molecule has 24 heavy (non-hydrogen) atoms. The van der Waals surface area contributed by atoms with Gasteiger partial charge in [0.05, 0.1) is 11.4 Å². The van der Waals surface area contributed by atoms with Crippen molar-refractivity contribution in [2.24, 2.45) is 0 Å². The standard InChI is InChI=1S/C19H27N5/c1-4-7-16(8-5-2)24-12-6-9-15(13-24)21-19-17-14(3)10-11-20-18(17)22-23-19/h10-11,15-16H,4,6-7,9,12-13H2,1-3H3,(H2,20,21,22,23). The summed E-state index contributed by atoms with van der Waals surface area (Å²) in [6, 6.07) is 2.82. The molecule has 3 rings (SSSR count). The molecular formula is C19H27N5. The quantitative estimate of drug-likeness (QED) is 0.828. The van der Waals surface area contributed by atoms with Gasteiger partial charge in [-0.25, -0.2) is 4.98 Å². The molecule has 1 aliphatic heterocycles. The van der Waals surface area contributed by atoms with Crippen molar-refractivity contribution in [1.82, 2.24) is 20.1 Å². The predicted molar refractivity (Wildman–Crippen MR) is 99.0 cm³/mol. The zero-order valence-corrected chi connectivity index (χ0v) is 14.9. The van der Waals surface area contributed by atoms with Crippen LogP contribution in [0.1, 0.15) is 45.1 Å². The van der Waals surface area contributed by atoms with Crippen molar-refractivity contribution in [3.63, 3.8) is 0 Å². The highest BCUT2D eigenvalue weighted by atomic mass is 15.2. The maximum Gasteiger partial charge on any atom is 0.157 e. The molecule has 1 aliphatic rings. The fourth-order valence-electron chi connectivity index (χ4n) is 3.60. The molecule has 2 aromatic rings. The van der Waals surface area contributed by atoms with E-state index in [4.69, 9.17) is 0 Å². The van der Waals surface area contributed by atoms with Crippen molar-refractivity contribution in [3.05, 3.63) is 17.8 Å². The molecule has 5 heteroatoms. The van der Waals surface area contributed by atoms with E-state index in [-0.39, 0.29) is 0 Å². The molecule has 2 aromatic heterocycles. The minimum atomic E-state index is 0.379. The molecule has 2 unspecified atom stereocenters. The number of nitrogens with one attached hydrogen (secondary N) is 2. The minimum Gasteiger partial charge on any atom is -0.364 e. The van der Waals surface area contributed by atoms with Crippen molar-refractivity contribution in [3.8, 4) is 11.8 Å². The molecule has 0 radical (unpaired) electrons. The molecule has 1 fully saturated rings. The summed E-state index contributed by atoms with van der Waals surface area (Å²) in [6.07, 6.45) is 6.50. The monoisotopic (exact) mass is 325 g/mol. The number of hydrogen-bond acceptors (Lipinski definition) is 4. The van der Waals surface area contributed by atoms with Crippen LogP contribution in [-0.4, -0.2) is 45.3 Å². The molecule has 128 valence electrons. The maximum atomic E-state index is 4.45. The Hall–Kier alpha value is -2.06. The predicted octanol–water partition coefficient (Wildman–Crippen LogP) is 3.33. The van der Waals surface area contributed by atoms with Crippen LogP contribution in [0.2, 0.25) is 0 Å². The third-order valence-corrected chi connectivity index (χ3v) is 4.78. The van der Waals surface area contributed by atoms with Crippen LogP contribution in [0.5, 0.6) is 0 Å². The summed E-state index contributed by atoms with van der Waals surface area (Å²) in [5.74, 6) is 7.42. The Morgan fingerprint density at radius 2 is 2.38 bits per heavy atom. The van der Waals surface area contributed by atoms with Gasteiger partial charge >= 0.3 is 0 Å². The van der Waals surface area contributed by atoms with Gasteiger partial charge in [-0.1, -0.05) is 19.3 Å². The molecule has 0 spiro atoms. The van der Waals surface area contributed by atoms with E-state index in [1.165, 1.54) is 24.8 Å². The van der Waals surface area contributed by atoms with Crippen LogP contribution in [0.3, 0.4) is 0 Å². The van der Waals surface area contributed by atoms with Crippen LogP contribution in [0.4, 0.5) is 5.82 Å². The number of aromatic nitrogens is 3. The summed E-state index contributed by atoms with van der Waals surface area (Å²) in [4.78, 5) is 6.89. The van der Waals surface area contributed by atoms with Crippen molar-refractivity contribution >= 4 is 16.9 Å². The second kappa shape index (κ2) is 7.67. The number of likely N-dealkylation sites (tertiary alicyclic amines) is 1. The van der Waals surface area contributed by atoms with Crippen LogP contribution >= 0.6 is 0 Å². The summed E-state index contributed by atoms with van der Waals surface area (Å²) in [6.45, 7) is 8.43. The smallest absolute Gasteiger partial charge is 0.157 e. The van der Waals surface area contributed by atoms with Gasteiger partial charge in [0.2, 0.25) is 0 Å². The molecule has 0 aromatic carbocycles. The van der Waals surface area contributed by atoms with E-state index in [9.17, 15) is 0 Å². The van der Waals surface area contributed by atoms with Crippen molar-refractivity contribution in [2.45, 2.75) is 58.5 Å². The van der Waals surface area contributed by atoms with Gasteiger partial charge in [0.25, 0.3) is 0 Å². The molecule has 2 N–H and O–H groups in total. The number of H-pyrrole nitrogens is 1. The first-order chi connectivity index (χ1) is 11.7. The Morgan fingerprint density at radius 1 is 1.50 bits per heavy atom. The topological polar surface area (TPSA) is 56.8 Å². The number of aromatic amines is 1. The zero-order chi connectivity index (χ0) is 16.9. The number of piperidine rings is 1. The molecule has 2 atom stereocenters. The lowest BCUT2D eigenvalue weighted by Crippen LogP contribution is -2.46. The average molecular weight is 325 g/mol. The van der Waals surface area contributed by atoms with Gasteiger partial charge in [0.15, 0.2) is 11.5 Å². The SMILES string of the molecule is CC#CC(CCC)N1CCCC(Nc2n[nH]c3nccc(C)c23)C1. The minimum absolute atomic E-state index is 0.379. The van der Waals surface area contributed by atoms with E-state index in [1.807, 2.05) is 19.2 Å².